The average molecular weight is 458 g/mol. The van der Waals surface area contributed by atoms with Crippen molar-refractivity contribution < 1.29 is 18.7 Å². The van der Waals surface area contributed by atoms with Crippen molar-refractivity contribution in [3.05, 3.63) is 95.3 Å². The average Bonchev–Trinajstić information content (AvgIpc) is 2.95. The molecule has 0 saturated carbocycles. The highest BCUT2D eigenvalue weighted by Crippen LogP contribution is 2.28. The van der Waals surface area contributed by atoms with Crippen LogP contribution in [0.3, 0.4) is 0 Å². The van der Waals surface area contributed by atoms with Crippen molar-refractivity contribution in [1.29, 1.82) is 0 Å². The van der Waals surface area contributed by atoms with Crippen LogP contribution in [0.2, 0.25) is 0 Å². The number of anilines is 1. The molecule has 0 aromatic heterocycles. The molecule has 3 aromatic carbocycles. The second-order valence-corrected chi connectivity index (χ2v) is 8.21. The maximum Gasteiger partial charge on any atom is 0.317 e. The Hall–Kier alpha value is -4.20. The predicted molar refractivity (Wildman–Crippen MR) is 127 cm³/mol. The number of amides is 3. The van der Waals surface area contributed by atoms with Gasteiger partial charge in [0.2, 0.25) is 6.17 Å². The third kappa shape index (κ3) is 4.10. The fourth-order valence-electron chi connectivity index (χ4n) is 4.26. The third-order valence-electron chi connectivity index (χ3n) is 5.95. The minimum Gasteiger partial charge on any atom is -0.491 e. The minimum absolute atomic E-state index is 0.252. The highest BCUT2D eigenvalue weighted by Gasteiger charge is 2.32. The predicted octanol–water partition coefficient (Wildman–Crippen LogP) is 3.27. The van der Waals surface area contributed by atoms with E-state index < -0.39 is 23.9 Å². The van der Waals surface area contributed by atoms with E-state index in [2.05, 4.69) is 15.6 Å². The molecule has 2 atom stereocenters. The van der Waals surface area contributed by atoms with E-state index in [9.17, 15) is 14.0 Å². The van der Waals surface area contributed by atoms with Gasteiger partial charge >= 0.3 is 6.03 Å². The number of aliphatic imine (C=N–C) groups is 1. The molecule has 0 saturated heterocycles. The summed E-state index contributed by atoms with van der Waals surface area (Å²) < 4.78 is 20.5. The molecule has 0 radical (unpaired) electrons. The van der Waals surface area contributed by atoms with Crippen molar-refractivity contribution in [3.63, 3.8) is 0 Å². The molecule has 2 unspecified atom stereocenters. The lowest BCUT2D eigenvalue weighted by molar-refractivity contribution is -0.119. The Morgan fingerprint density at radius 1 is 1.00 bits per heavy atom. The van der Waals surface area contributed by atoms with Crippen LogP contribution in [0, 0.1) is 5.82 Å². The van der Waals surface area contributed by atoms with Gasteiger partial charge in [-0.15, -0.1) is 0 Å². The number of benzodiazepines with no additional fused rings is 1. The number of nitrogens with zero attached hydrogens (tertiary/aromatic N) is 2. The molecule has 0 bridgehead atoms. The first-order valence-electron chi connectivity index (χ1n) is 11.0. The van der Waals surface area contributed by atoms with E-state index in [1.54, 1.807) is 49.5 Å². The van der Waals surface area contributed by atoms with E-state index in [1.807, 2.05) is 24.3 Å². The highest BCUT2D eigenvalue weighted by atomic mass is 19.1. The lowest BCUT2D eigenvalue weighted by atomic mass is 10.00. The van der Waals surface area contributed by atoms with Crippen molar-refractivity contribution in [3.8, 4) is 5.75 Å². The maximum atomic E-state index is 14.7. The number of benzene rings is 3. The van der Waals surface area contributed by atoms with E-state index in [1.165, 1.54) is 11.0 Å². The largest absolute Gasteiger partial charge is 0.491 e. The molecular formula is C26H23FN4O3. The molecular weight excluding hydrogens is 435 g/mol. The summed E-state index contributed by atoms with van der Waals surface area (Å²) in [6.07, 6.45) is -0.624. The lowest BCUT2D eigenvalue weighted by Crippen LogP contribution is -2.53. The highest BCUT2D eigenvalue weighted by molar-refractivity contribution is 6.20. The molecule has 0 spiro atoms. The monoisotopic (exact) mass is 458 g/mol. The second kappa shape index (κ2) is 8.97. The molecule has 3 amide bonds. The number of carbonyl (C=O) groups excluding carboxylic acids is 2. The zero-order valence-electron chi connectivity index (χ0n) is 18.5. The zero-order chi connectivity index (χ0) is 23.7. The van der Waals surface area contributed by atoms with Gasteiger partial charge in [-0.3, -0.25) is 4.79 Å². The summed E-state index contributed by atoms with van der Waals surface area (Å²) in [5.74, 6) is -0.0909. The number of carbonyl (C=O) groups is 2. The van der Waals surface area contributed by atoms with Crippen molar-refractivity contribution >= 4 is 23.3 Å². The second-order valence-electron chi connectivity index (χ2n) is 8.21. The van der Waals surface area contributed by atoms with Crippen molar-refractivity contribution in [2.75, 3.05) is 18.6 Å². The van der Waals surface area contributed by atoms with Crippen LogP contribution in [0.1, 0.15) is 16.7 Å². The summed E-state index contributed by atoms with van der Waals surface area (Å²) in [5, 5.41) is 5.52. The van der Waals surface area contributed by atoms with Gasteiger partial charge in [-0.1, -0.05) is 48.5 Å². The van der Waals surface area contributed by atoms with Gasteiger partial charge in [-0.05, 0) is 36.2 Å². The molecule has 0 aliphatic carbocycles. The molecule has 7 nitrogen and oxygen atoms in total. The quantitative estimate of drug-likeness (QED) is 0.632. The summed E-state index contributed by atoms with van der Waals surface area (Å²) >= 11 is 0. The van der Waals surface area contributed by atoms with E-state index in [0.717, 1.165) is 11.3 Å². The number of likely N-dealkylation sites (N-methyl/N-ethyl adjacent to an activating group) is 1. The molecule has 2 aliphatic rings. The number of hydrogen-bond acceptors (Lipinski definition) is 4. The Kier molecular flexibility index (Phi) is 5.71. The Labute approximate surface area is 196 Å². The number of halogens is 1. The van der Waals surface area contributed by atoms with Crippen LogP contribution in [0.5, 0.6) is 5.75 Å². The van der Waals surface area contributed by atoms with Crippen LogP contribution in [-0.2, 0) is 11.2 Å². The molecule has 2 N–H and O–H groups in total. The van der Waals surface area contributed by atoms with Crippen LogP contribution in [0.25, 0.3) is 0 Å². The Morgan fingerprint density at radius 2 is 1.71 bits per heavy atom. The Bertz CT molecular complexity index is 1290. The molecule has 8 heteroatoms. The van der Waals surface area contributed by atoms with Crippen LogP contribution >= 0.6 is 0 Å². The van der Waals surface area contributed by atoms with Crippen LogP contribution < -0.4 is 20.3 Å². The summed E-state index contributed by atoms with van der Waals surface area (Å²) in [5.41, 5.74) is 2.73. The van der Waals surface area contributed by atoms with Gasteiger partial charge in [0.25, 0.3) is 5.91 Å². The molecule has 0 fully saturated rings. The van der Waals surface area contributed by atoms with E-state index in [-0.39, 0.29) is 11.6 Å². The first kappa shape index (κ1) is 21.6. The standard InChI is InChI=1S/C26H23FN4O3/c1-31-21-12-6-4-10-19(21)23(18-9-3-5-11-20(18)27)29-24(25(31)32)30-26(33)28-17-14-16-8-2-7-13-22(16)34-15-17/h2-13,17,24H,14-15H2,1H3,(H2,28,30,33). The number of rotatable bonds is 3. The van der Waals surface area contributed by atoms with Gasteiger partial charge in [0.1, 0.15) is 18.2 Å². The fraction of sp³-hybridized carbons (Fsp3) is 0.192. The number of nitrogens with one attached hydrogen (secondary N) is 2. The topological polar surface area (TPSA) is 83.0 Å². The normalized spacial score (nSPS) is 19.2. The van der Waals surface area contributed by atoms with Gasteiger partial charge in [-0.25, -0.2) is 14.2 Å². The first-order chi connectivity index (χ1) is 16.5. The third-order valence-corrected chi connectivity index (χ3v) is 5.95. The molecule has 172 valence electrons. The zero-order valence-corrected chi connectivity index (χ0v) is 18.5. The fourth-order valence-corrected chi connectivity index (χ4v) is 4.26. The maximum absolute atomic E-state index is 14.7. The number of hydrogen-bond donors (Lipinski definition) is 2. The molecule has 2 heterocycles. The van der Waals surface area contributed by atoms with Gasteiger partial charge in [0.05, 0.1) is 17.4 Å². The van der Waals surface area contributed by atoms with Crippen molar-refractivity contribution in [2.24, 2.45) is 4.99 Å². The van der Waals surface area contributed by atoms with Crippen LogP contribution in [0.4, 0.5) is 14.9 Å². The number of fused-ring (bicyclic) bond motifs is 2. The SMILES string of the molecule is CN1C(=O)C(NC(=O)NC2COc3ccccc3C2)N=C(c2ccccc2F)c2ccccc21. The first-order valence-corrected chi connectivity index (χ1v) is 11.0. The molecule has 34 heavy (non-hydrogen) atoms. The van der Waals surface area contributed by atoms with E-state index >= 15 is 0 Å². The smallest absolute Gasteiger partial charge is 0.317 e. The summed E-state index contributed by atoms with van der Waals surface area (Å²) in [4.78, 5) is 32.0. The minimum atomic E-state index is -1.23. The van der Waals surface area contributed by atoms with Crippen molar-refractivity contribution in [2.45, 2.75) is 18.6 Å². The van der Waals surface area contributed by atoms with Gasteiger partial charge in [0.15, 0.2) is 0 Å². The van der Waals surface area contributed by atoms with Gasteiger partial charge < -0.3 is 20.3 Å². The van der Waals surface area contributed by atoms with Crippen LogP contribution in [-0.4, -0.2) is 43.5 Å². The lowest BCUT2D eigenvalue weighted by Gasteiger charge is -2.27. The Balaban J connectivity index is 1.42. The van der Waals surface area contributed by atoms with Crippen molar-refractivity contribution in [1.82, 2.24) is 10.6 Å². The summed E-state index contributed by atoms with van der Waals surface area (Å²) in [6, 6.07) is 20.2. The Morgan fingerprint density at radius 3 is 2.53 bits per heavy atom. The van der Waals surface area contributed by atoms with E-state index in [4.69, 9.17) is 4.74 Å². The number of ether oxygens (including phenoxy) is 1. The van der Waals surface area contributed by atoms with Crippen LogP contribution in [0.15, 0.2) is 77.8 Å². The van der Waals surface area contributed by atoms with E-state index in [0.29, 0.717) is 30.0 Å². The summed E-state index contributed by atoms with van der Waals surface area (Å²) in [7, 11) is 1.61. The summed E-state index contributed by atoms with van der Waals surface area (Å²) in [6.45, 7) is 0.318. The van der Waals surface area contributed by atoms with Gasteiger partial charge in [0, 0.05) is 18.2 Å². The number of para-hydroxylation sites is 2. The molecule has 3 aromatic rings. The molecule has 2 aliphatic heterocycles. The number of urea groups is 1. The van der Waals surface area contributed by atoms with Gasteiger partial charge in [-0.2, -0.15) is 0 Å². The molecule has 5 rings (SSSR count).